The van der Waals surface area contributed by atoms with E-state index in [1.807, 2.05) is 0 Å². The standard InChI is InChI=1S/C12H27Si.HI/c1-4-7-10-13(11-8-5-2)12-9-6-3;/h4-12H2,1-3H3;1H. The van der Waals surface area contributed by atoms with E-state index >= 15 is 0 Å². The van der Waals surface area contributed by atoms with E-state index in [9.17, 15) is 0 Å². The van der Waals surface area contributed by atoms with E-state index in [-0.39, 0.29) is 32.8 Å². The number of hydrogen-bond acceptors (Lipinski definition) is 0. The number of halogens is 1. The third-order valence-corrected chi connectivity index (χ3v) is 5.83. The van der Waals surface area contributed by atoms with Crippen LogP contribution < -0.4 is 0 Å². The first kappa shape index (κ1) is 17.3. The molecule has 0 atom stereocenters. The highest BCUT2D eigenvalue weighted by Crippen LogP contribution is 2.16. The molecule has 0 rings (SSSR count). The molecule has 0 spiro atoms. The van der Waals surface area contributed by atoms with Crippen molar-refractivity contribution in [2.24, 2.45) is 0 Å². The van der Waals surface area contributed by atoms with Crippen LogP contribution in [0.5, 0.6) is 0 Å². The quantitative estimate of drug-likeness (QED) is 0.387. The molecular formula is C12H28ISi. The number of unbranched alkanes of at least 4 members (excludes halogenated alkanes) is 3. The molecule has 0 aromatic carbocycles. The van der Waals surface area contributed by atoms with Crippen LogP contribution in [-0.4, -0.2) is 8.80 Å². The summed E-state index contributed by atoms with van der Waals surface area (Å²) in [4.78, 5) is 0. The lowest BCUT2D eigenvalue weighted by molar-refractivity contribution is 0.812. The summed E-state index contributed by atoms with van der Waals surface area (Å²) in [6.07, 6.45) is 8.65. The maximum absolute atomic E-state index is 2.32. The van der Waals surface area contributed by atoms with Gasteiger partial charge in [0.05, 0.1) is 0 Å². The lowest BCUT2D eigenvalue weighted by Gasteiger charge is -2.13. The van der Waals surface area contributed by atoms with E-state index in [1.54, 1.807) is 18.1 Å². The summed E-state index contributed by atoms with van der Waals surface area (Å²) in [5, 5.41) is 0. The summed E-state index contributed by atoms with van der Waals surface area (Å²) in [5.74, 6) is 0. The number of rotatable bonds is 9. The molecule has 14 heavy (non-hydrogen) atoms. The summed E-state index contributed by atoms with van der Waals surface area (Å²) in [6.45, 7) is 6.96. The van der Waals surface area contributed by atoms with E-state index in [0.717, 1.165) is 0 Å². The Morgan fingerprint density at radius 2 is 0.929 bits per heavy atom. The van der Waals surface area contributed by atoms with Crippen LogP contribution >= 0.6 is 24.0 Å². The molecule has 0 bridgehead atoms. The first-order valence-corrected chi connectivity index (χ1v) is 8.30. The van der Waals surface area contributed by atoms with Gasteiger partial charge in [-0.3, -0.25) is 0 Å². The smallest absolute Gasteiger partial charge is 0.0479 e. The average Bonchev–Trinajstić information content (AvgIpc) is 2.17. The Bertz CT molecular complexity index is 77.3. The van der Waals surface area contributed by atoms with E-state index in [4.69, 9.17) is 0 Å². The fraction of sp³-hybridized carbons (Fsp3) is 1.00. The highest BCUT2D eigenvalue weighted by atomic mass is 127. The first-order valence-electron chi connectivity index (χ1n) is 6.18. The predicted octanol–water partition coefficient (Wildman–Crippen LogP) is 5.50. The lowest BCUT2D eigenvalue weighted by atomic mass is 10.4. The zero-order valence-corrected chi connectivity index (χ0v) is 13.6. The monoisotopic (exact) mass is 327 g/mol. The van der Waals surface area contributed by atoms with Crippen LogP contribution in [0.2, 0.25) is 18.1 Å². The number of hydrogen-bond donors (Lipinski definition) is 0. The van der Waals surface area contributed by atoms with Crippen LogP contribution in [0.3, 0.4) is 0 Å². The second-order valence-corrected chi connectivity index (χ2v) is 7.06. The first-order chi connectivity index (χ1) is 6.35. The fourth-order valence-electron chi connectivity index (χ4n) is 1.66. The molecular weight excluding hydrogens is 299 g/mol. The molecule has 1 radical (unpaired) electrons. The van der Waals surface area contributed by atoms with Gasteiger partial charge in [-0.15, -0.1) is 24.0 Å². The highest BCUT2D eigenvalue weighted by Gasteiger charge is 2.08. The van der Waals surface area contributed by atoms with Crippen molar-refractivity contribution in [3.05, 3.63) is 0 Å². The molecule has 0 unspecified atom stereocenters. The Morgan fingerprint density at radius 3 is 1.14 bits per heavy atom. The van der Waals surface area contributed by atoms with E-state index < -0.39 is 0 Å². The Hall–Kier alpha value is 0.947. The molecule has 2 heteroatoms. The Balaban J connectivity index is 0. The van der Waals surface area contributed by atoms with Crippen LogP contribution in [0.25, 0.3) is 0 Å². The van der Waals surface area contributed by atoms with Crippen molar-refractivity contribution in [2.75, 3.05) is 0 Å². The second kappa shape index (κ2) is 13.9. The van der Waals surface area contributed by atoms with Gasteiger partial charge in [0.2, 0.25) is 0 Å². The minimum absolute atomic E-state index is 0. The van der Waals surface area contributed by atoms with Gasteiger partial charge < -0.3 is 0 Å². The topological polar surface area (TPSA) is 0 Å². The van der Waals surface area contributed by atoms with E-state index in [2.05, 4.69) is 20.8 Å². The zero-order chi connectivity index (χ0) is 9.94. The van der Waals surface area contributed by atoms with Crippen LogP contribution in [0, 0.1) is 0 Å². The van der Waals surface area contributed by atoms with Crippen molar-refractivity contribution >= 4 is 32.8 Å². The second-order valence-electron chi connectivity index (χ2n) is 4.06. The molecule has 0 saturated heterocycles. The summed E-state index contributed by atoms with van der Waals surface area (Å²) < 4.78 is 0. The normalized spacial score (nSPS) is 10.3. The van der Waals surface area contributed by atoms with Crippen LogP contribution in [-0.2, 0) is 0 Å². The third-order valence-electron chi connectivity index (χ3n) is 2.65. The molecule has 0 aromatic heterocycles. The van der Waals surface area contributed by atoms with Crippen molar-refractivity contribution in [3.63, 3.8) is 0 Å². The zero-order valence-electron chi connectivity index (χ0n) is 10.3. The van der Waals surface area contributed by atoms with Gasteiger partial charge >= 0.3 is 0 Å². The minimum Gasteiger partial charge on any atom is -0.107 e. The van der Waals surface area contributed by atoms with Crippen molar-refractivity contribution in [1.29, 1.82) is 0 Å². The summed E-state index contributed by atoms with van der Waals surface area (Å²) >= 11 is 0. The Kier molecular flexibility index (Phi) is 17.3. The predicted molar refractivity (Wildman–Crippen MR) is 80.3 cm³/mol. The summed E-state index contributed by atoms with van der Waals surface area (Å²) in [7, 11) is 0.0675. The molecule has 87 valence electrons. The van der Waals surface area contributed by atoms with Gasteiger partial charge in [0.1, 0.15) is 0 Å². The van der Waals surface area contributed by atoms with Gasteiger partial charge in [-0.2, -0.15) is 0 Å². The van der Waals surface area contributed by atoms with E-state index in [0.29, 0.717) is 0 Å². The third kappa shape index (κ3) is 11.0. The maximum Gasteiger partial charge on any atom is 0.0479 e. The molecule has 0 amide bonds. The summed E-state index contributed by atoms with van der Waals surface area (Å²) in [5.41, 5.74) is 0. The molecule has 0 aliphatic heterocycles. The highest BCUT2D eigenvalue weighted by molar-refractivity contribution is 14.0. The van der Waals surface area contributed by atoms with Gasteiger partial charge in [0, 0.05) is 8.80 Å². The van der Waals surface area contributed by atoms with Crippen LogP contribution in [0.15, 0.2) is 0 Å². The van der Waals surface area contributed by atoms with Gasteiger partial charge in [-0.1, -0.05) is 77.4 Å². The van der Waals surface area contributed by atoms with Gasteiger partial charge in [-0.25, -0.2) is 0 Å². The SMILES string of the molecule is CCCC[Si](CCCC)CCCC.I. The van der Waals surface area contributed by atoms with Gasteiger partial charge in [-0.05, 0) is 0 Å². The molecule has 0 nitrogen and oxygen atoms in total. The van der Waals surface area contributed by atoms with Crippen molar-refractivity contribution in [2.45, 2.75) is 77.4 Å². The maximum atomic E-state index is 2.32. The van der Waals surface area contributed by atoms with Crippen LogP contribution in [0.1, 0.15) is 59.3 Å². The van der Waals surface area contributed by atoms with Crippen molar-refractivity contribution in [1.82, 2.24) is 0 Å². The molecule has 0 aliphatic carbocycles. The molecule has 0 fully saturated rings. The van der Waals surface area contributed by atoms with Gasteiger partial charge in [0.15, 0.2) is 0 Å². The largest absolute Gasteiger partial charge is 0.107 e. The lowest BCUT2D eigenvalue weighted by Crippen LogP contribution is -2.11. The average molecular weight is 327 g/mol. The van der Waals surface area contributed by atoms with E-state index in [1.165, 1.54) is 38.5 Å². The molecule has 0 aromatic rings. The Labute approximate surface area is 110 Å². The minimum atomic E-state index is 0. The van der Waals surface area contributed by atoms with Gasteiger partial charge in [0.25, 0.3) is 0 Å². The van der Waals surface area contributed by atoms with Crippen molar-refractivity contribution < 1.29 is 0 Å². The molecule has 0 heterocycles. The summed E-state index contributed by atoms with van der Waals surface area (Å²) in [6, 6.07) is 4.75. The molecule has 0 aliphatic rings. The fourth-order valence-corrected chi connectivity index (χ4v) is 4.97. The molecule has 0 saturated carbocycles. The Morgan fingerprint density at radius 1 is 0.643 bits per heavy atom. The molecule has 0 N–H and O–H groups in total. The van der Waals surface area contributed by atoms with Crippen LogP contribution in [0.4, 0.5) is 0 Å². The van der Waals surface area contributed by atoms with Crippen molar-refractivity contribution in [3.8, 4) is 0 Å².